The first-order valence-corrected chi connectivity index (χ1v) is 13.9. The van der Waals surface area contributed by atoms with E-state index >= 15 is 0 Å². The minimum Gasteiger partial charge on any atom is -0.308 e. The fourth-order valence-electron chi connectivity index (χ4n) is 6.64. The molecule has 2 heteroatoms. The number of thiophene rings is 1. The zero-order valence-corrected chi connectivity index (χ0v) is 21.3. The highest BCUT2D eigenvalue weighted by atomic mass is 32.1. The van der Waals surface area contributed by atoms with Crippen LogP contribution in [0.4, 0.5) is 0 Å². The van der Waals surface area contributed by atoms with Crippen LogP contribution < -0.4 is 0 Å². The van der Waals surface area contributed by atoms with Crippen molar-refractivity contribution in [2.75, 3.05) is 0 Å². The third kappa shape index (κ3) is 2.55. The van der Waals surface area contributed by atoms with Crippen LogP contribution in [-0.4, -0.2) is 4.40 Å². The molecular formula is C36H21NS. The number of para-hydroxylation sites is 2. The van der Waals surface area contributed by atoms with Crippen molar-refractivity contribution in [1.82, 2.24) is 4.40 Å². The highest BCUT2D eigenvalue weighted by Gasteiger charge is 2.18. The van der Waals surface area contributed by atoms with E-state index < -0.39 is 0 Å². The third-order valence-electron chi connectivity index (χ3n) is 8.16. The van der Waals surface area contributed by atoms with Gasteiger partial charge in [0.15, 0.2) is 0 Å². The van der Waals surface area contributed by atoms with Gasteiger partial charge >= 0.3 is 0 Å². The van der Waals surface area contributed by atoms with E-state index in [0.29, 0.717) is 0 Å². The lowest BCUT2D eigenvalue weighted by Gasteiger charge is -2.04. The van der Waals surface area contributed by atoms with Crippen molar-refractivity contribution in [1.29, 1.82) is 0 Å². The summed E-state index contributed by atoms with van der Waals surface area (Å²) in [6, 6.07) is 47.0. The van der Waals surface area contributed by atoms with Crippen LogP contribution in [0.2, 0.25) is 0 Å². The fraction of sp³-hybridized carbons (Fsp3) is 0. The summed E-state index contributed by atoms with van der Waals surface area (Å²) in [6.07, 6.45) is 0. The SMILES string of the molecule is c1ccc2c(c1)sc1ccc3c(c4cccc5c6ccccc6c6ccccc6c6ccccc6n3c54)c12. The number of rotatable bonds is 0. The average molecular weight is 500 g/mol. The minimum absolute atomic E-state index is 1.22. The topological polar surface area (TPSA) is 4.41 Å². The highest BCUT2D eigenvalue weighted by Crippen LogP contribution is 2.44. The monoisotopic (exact) mass is 499 g/mol. The highest BCUT2D eigenvalue weighted by molar-refractivity contribution is 7.26. The molecule has 0 radical (unpaired) electrons. The Kier molecular flexibility index (Phi) is 3.99. The third-order valence-corrected chi connectivity index (χ3v) is 9.30. The van der Waals surface area contributed by atoms with E-state index in [2.05, 4.69) is 132 Å². The van der Waals surface area contributed by atoms with E-state index in [9.17, 15) is 0 Å². The van der Waals surface area contributed by atoms with Crippen molar-refractivity contribution >= 4 is 91.1 Å². The molecule has 0 atom stereocenters. The first kappa shape index (κ1) is 20.4. The van der Waals surface area contributed by atoms with Gasteiger partial charge in [-0.15, -0.1) is 11.3 Å². The standard InChI is InChI=1S/C36H21NS/c1-3-12-24-22(10-1)23-11-2-4-13-25(23)27-16-9-17-29-34-31(37(36(27)29)30-18-7-5-14-26(24)30)20-21-33-35(34)28-15-6-8-19-32(28)38-33/h1-21H. The van der Waals surface area contributed by atoms with E-state index in [1.165, 1.54) is 79.8 Å². The zero-order valence-electron chi connectivity index (χ0n) is 20.5. The van der Waals surface area contributed by atoms with Gasteiger partial charge in [0, 0.05) is 41.7 Å². The van der Waals surface area contributed by atoms with Crippen LogP contribution in [0.1, 0.15) is 0 Å². The van der Waals surface area contributed by atoms with Gasteiger partial charge in [-0.25, -0.2) is 0 Å². The van der Waals surface area contributed by atoms with Crippen LogP contribution in [0, 0.1) is 0 Å². The van der Waals surface area contributed by atoms with Crippen molar-refractivity contribution in [2.24, 2.45) is 0 Å². The molecule has 3 aromatic heterocycles. The number of fused-ring (bicyclic) bond motifs is 14. The second-order valence-corrected chi connectivity index (χ2v) is 11.2. The number of hydrogen-bond donors (Lipinski definition) is 0. The normalized spacial score (nSPS) is 12.2. The van der Waals surface area contributed by atoms with E-state index in [1.807, 2.05) is 11.3 Å². The molecule has 0 unspecified atom stereocenters. The average Bonchev–Trinajstić information content (AvgIpc) is 3.53. The molecule has 1 nitrogen and oxygen atoms in total. The number of nitrogens with zero attached hydrogens (tertiary/aromatic N) is 1. The Morgan fingerprint density at radius 1 is 0.342 bits per heavy atom. The van der Waals surface area contributed by atoms with Crippen molar-refractivity contribution in [3.05, 3.63) is 127 Å². The summed E-state index contributed by atoms with van der Waals surface area (Å²) < 4.78 is 5.21. The van der Waals surface area contributed by atoms with Gasteiger partial charge in [0.25, 0.3) is 0 Å². The predicted octanol–water partition coefficient (Wildman–Crippen LogP) is 10.6. The van der Waals surface area contributed by atoms with Gasteiger partial charge in [-0.2, -0.15) is 0 Å². The van der Waals surface area contributed by atoms with Crippen LogP contribution in [0.15, 0.2) is 127 Å². The second kappa shape index (κ2) is 7.44. The molecule has 0 saturated carbocycles. The Labute approximate surface area is 222 Å². The molecule has 0 aliphatic carbocycles. The number of benzene rings is 6. The summed E-state index contributed by atoms with van der Waals surface area (Å²) in [6.45, 7) is 0. The first-order chi connectivity index (χ1) is 18.9. The smallest absolute Gasteiger partial charge is 0.0620 e. The molecule has 0 amide bonds. The lowest BCUT2D eigenvalue weighted by atomic mass is 10.00. The number of hydrogen-bond acceptors (Lipinski definition) is 1. The van der Waals surface area contributed by atoms with Crippen molar-refractivity contribution in [3.8, 4) is 0 Å². The van der Waals surface area contributed by atoms with Crippen LogP contribution in [0.3, 0.4) is 0 Å². The molecule has 0 aliphatic rings. The summed E-state index contributed by atoms with van der Waals surface area (Å²) in [5, 5.41) is 13.0. The van der Waals surface area contributed by atoms with Crippen LogP contribution >= 0.6 is 11.3 Å². The largest absolute Gasteiger partial charge is 0.308 e. The van der Waals surface area contributed by atoms with E-state index in [4.69, 9.17) is 0 Å². The maximum Gasteiger partial charge on any atom is 0.0620 e. The molecule has 0 fully saturated rings. The Morgan fingerprint density at radius 3 is 1.66 bits per heavy atom. The van der Waals surface area contributed by atoms with Crippen LogP contribution in [0.5, 0.6) is 0 Å². The Balaban J connectivity index is 1.74. The lowest BCUT2D eigenvalue weighted by molar-refractivity contribution is 1.36. The summed E-state index contributed by atoms with van der Waals surface area (Å²) in [4.78, 5) is 0. The minimum atomic E-state index is 1.22. The molecule has 38 heavy (non-hydrogen) atoms. The van der Waals surface area contributed by atoms with Crippen molar-refractivity contribution in [2.45, 2.75) is 0 Å². The molecule has 9 aromatic rings. The van der Waals surface area contributed by atoms with Gasteiger partial charge < -0.3 is 4.40 Å². The first-order valence-electron chi connectivity index (χ1n) is 13.0. The Morgan fingerprint density at radius 2 is 0.895 bits per heavy atom. The molecular weight excluding hydrogens is 478 g/mol. The maximum absolute atomic E-state index is 2.53. The van der Waals surface area contributed by atoms with Gasteiger partial charge in [0.1, 0.15) is 0 Å². The van der Waals surface area contributed by atoms with E-state index in [-0.39, 0.29) is 0 Å². The van der Waals surface area contributed by atoms with E-state index in [0.717, 1.165) is 0 Å². The molecule has 0 spiro atoms. The molecule has 3 heterocycles. The molecule has 0 aliphatic heterocycles. The zero-order chi connectivity index (χ0) is 24.8. The summed E-state index contributed by atoms with van der Waals surface area (Å²) in [7, 11) is 0. The van der Waals surface area contributed by atoms with Gasteiger partial charge in [0.05, 0.1) is 16.6 Å². The van der Waals surface area contributed by atoms with Crippen molar-refractivity contribution < 1.29 is 0 Å². The molecule has 176 valence electrons. The van der Waals surface area contributed by atoms with Crippen molar-refractivity contribution in [3.63, 3.8) is 0 Å². The predicted molar refractivity (Wildman–Crippen MR) is 167 cm³/mol. The Bertz CT molecular complexity index is 2460. The number of aromatic nitrogens is 1. The molecule has 9 rings (SSSR count). The molecule has 6 aromatic carbocycles. The Hall–Kier alpha value is -4.66. The summed E-state index contributed by atoms with van der Waals surface area (Å²) >= 11 is 1.89. The lowest BCUT2D eigenvalue weighted by Crippen LogP contribution is -1.86. The quantitative estimate of drug-likeness (QED) is 0.195. The van der Waals surface area contributed by atoms with Gasteiger partial charge in [-0.1, -0.05) is 103 Å². The van der Waals surface area contributed by atoms with Crippen LogP contribution in [0.25, 0.3) is 79.8 Å². The van der Waals surface area contributed by atoms with E-state index in [1.54, 1.807) is 0 Å². The summed E-state index contributed by atoms with van der Waals surface area (Å²) in [5.74, 6) is 0. The summed E-state index contributed by atoms with van der Waals surface area (Å²) in [5.41, 5.74) is 3.75. The molecule has 0 N–H and O–H groups in total. The van der Waals surface area contributed by atoms with Gasteiger partial charge in [-0.05, 0) is 45.8 Å². The molecule has 0 saturated heterocycles. The van der Waals surface area contributed by atoms with Crippen LogP contribution in [-0.2, 0) is 0 Å². The van der Waals surface area contributed by atoms with Gasteiger partial charge in [-0.3, -0.25) is 0 Å². The molecule has 0 bridgehead atoms. The maximum atomic E-state index is 2.53. The fourth-order valence-corrected chi connectivity index (χ4v) is 7.75. The van der Waals surface area contributed by atoms with Gasteiger partial charge in [0.2, 0.25) is 0 Å². The second-order valence-electron chi connectivity index (χ2n) is 10.1.